The number of nitrogens with zero attached hydrogens (tertiary/aromatic N) is 1. The second-order valence-electron chi connectivity index (χ2n) is 10.5. The van der Waals surface area contributed by atoms with Crippen LogP contribution < -0.4 is 0 Å². The van der Waals surface area contributed by atoms with E-state index in [4.69, 9.17) is 4.74 Å². The van der Waals surface area contributed by atoms with E-state index in [0.717, 1.165) is 38.9 Å². The summed E-state index contributed by atoms with van der Waals surface area (Å²) < 4.78 is 6.03. The molecule has 0 radical (unpaired) electrons. The lowest BCUT2D eigenvalue weighted by Gasteiger charge is -2.50. The predicted octanol–water partition coefficient (Wildman–Crippen LogP) is 6.00. The molecule has 1 heterocycles. The van der Waals surface area contributed by atoms with Crippen LogP contribution in [0.2, 0.25) is 0 Å². The maximum atomic E-state index is 13.1. The first-order valence-electron chi connectivity index (χ1n) is 12.2. The van der Waals surface area contributed by atoms with Crippen molar-refractivity contribution in [1.29, 1.82) is 0 Å². The van der Waals surface area contributed by atoms with Crippen LogP contribution in [0.4, 0.5) is 0 Å². The molecule has 2 aromatic rings. The van der Waals surface area contributed by atoms with Crippen molar-refractivity contribution in [3.63, 3.8) is 0 Å². The van der Waals surface area contributed by atoms with Crippen molar-refractivity contribution in [1.82, 2.24) is 4.90 Å². The molecular formula is C29H35NO2. The fraction of sp³-hybridized carbons (Fsp3) is 0.483. The van der Waals surface area contributed by atoms with E-state index >= 15 is 0 Å². The molecule has 2 aliphatic carbocycles. The third-order valence-electron chi connectivity index (χ3n) is 8.27. The molecule has 2 saturated carbocycles. The number of hydrogen-bond donors (Lipinski definition) is 0. The van der Waals surface area contributed by atoms with Crippen molar-refractivity contribution in [2.24, 2.45) is 23.2 Å². The lowest BCUT2D eigenvalue weighted by atomic mass is 9.55. The van der Waals surface area contributed by atoms with Crippen LogP contribution in [0.5, 0.6) is 0 Å². The summed E-state index contributed by atoms with van der Waals surface area (Å²) in [6.45, 7) is 9.26. The molecule has 0 N–H and O–H groups in total. The normalized spacial score (nSPS) is 31.8. The van der Waals surface area contributed by atoms with Crippen LogP contribution in [0.15, 0.2) is 72.8 Å². The second-order valence-corrected chi connectivity index (χ2v) is 10.5. The van der Waals surface area contributed by atoms with Crippen molar-refractivity contribution in [3.8, 4) is 0 Å². The molecule has 3 heteroatoms. The molecule has 0 aromatic heterocycles. The number of esters is 1. The predicted molar refractivity (Wildman–Crippen MR) is 128 cm³/mol. The highest BCUT2D eigenvalue weighted by molar-refractivity contribution is 5.75. The van der Waals surface area contributed by atoms with Crippen molar-refractivity contribution in [3.05, 3.63) is 83.9 Å². The summed E-state index contributed by atoms with van der Waals surface area (Å²) >= 11 is 0. The smallest absolute Gasteiger partial charge is 0.310 e. The van der Waals surface area contributed by atoms with E-state index in [-0.39, 0.29) is 23.4 Å². The van der Waals surface area contributed by atoms with E-state index in [1.54, 1.807) is 0 Å². The Labute approximate surface area is 192 Å². The number of ether oxygens (including phenoxy) is 1. The molecular weight excluding hydrogens is 394 g/mol. The van der Waals surface area contributed by atoms with Gasteiger partial charge >= 0.3 is 5.97 Å². The molecule has 0 unspecified atom stereocenters. The van der Waals surface area contributed by atoms with E-state index in [0.29, 0.717) is 11.8 Å². The SMILES string of the molecule is C=C1CCC[C@@]2(C)C[C@H]3OC(=O)[C@@H](CN(Cc4ccccc4)Cc4ccccc4)[C@@H]3C[C@H]12. The Hall–Kier alpha value is -2.39. The largest absolute Gasteiger partial charge is 0.462 e. The third kappa shape index (κ3) is 4.28. The van der Waals surface area contributed by atoms with Gasteiger partial charge in [0.15, 0.2) is 0 Å². The molecule has 1 aliphatic heterocycles. The Morgan fingerprint density at radius 1 is 1.03 bits per heavy atom. The van der Waals surface area contributed by atoms with Crippen molar-refractivity contribution >= 4 is 5.97 Å². The van der Waals surface area contributed by atoms with Gasteiger partial charge in [-0.25, -0.2) is 0 Å². The summed E-state index contributed by atoms with van der Waals surface area (Å²) in [7, 11) is 0. The average molecular weight is 430 g/mol. The molecule has 0 spiro atoms. The average Bonchev–Trinajstić information content (AvgIpc) is 3.07. The zero-order valence-corrected chi connectivity index (χ0v) is 19.2. The maximum Gasteiger partial charge on any atom is 0.310 e. The highest BCUT2D eigenvalue weighted by Gasteiger charge is 2.55. The van der Waals surface area contributed by atoms with Crippen LogP contribution in [0.3, 0.4) is 0 Å². The van der Waals surface area contributed by atoms with Gasteiger partial charge in [-0.3, -0.25) is 9.69 Å². The molecule has 2 aromatic carbocycles. The molecule has 32 heavy (non-hydrogen) atoms. The summed E-state index contributed by atoms with van der Waals surface area (Å²) in [5.74, 6) is 0.807. The fourth-order valence-corrected chi connectivity index (χ4v) is 6.61. The number of fused-ring (bicyclic) bond motifs is 2. The Bertz CT molecular complexity index is 914. The fourth-order valence-electron chi connectivity index (χ4n) is 6.61. The van der Waals surface area contributed by atoms with E-state index in [9.17, 15) is 4.79 Å². The molecule has 3 nitrogen and oxygen atoms in total. The van der Waals surface area contributed by atoms with E-state index in [1.165, 1.54) is 29.5 Å². The number of allylic oxidation sites excluding steroid dienone is 1. The summed E-state index contributed by atoms with van der Waals surface area (Å²) in [4.78, 5) is 15.5. The second kappa shape index (κ2) is 8.86. The van der Waals surface area contributed by atoms with Crippen LogP contribution in [0, 0.1) is 23.2 Å². The van der Waals surface area contributed by atoms with Crippen LogP contribution in [0.1, 0.15) is 50.2 Å². The summed E-state index contributed by atoms with van der Waals surface area (Å²) in [6, 6.07) is 21.2. The Morgan fingerprint density at radius 3 is 2.28 bits per heavy atom. The first-order chi connectivity index (χ1) is 15.5. The van der Waals surface area contributed by atoms with Crippen LogP contribution >= 0.6 is 0 Å². The van der Waals surface area contributed by atoms with Gasteiger partial charge in [0, 0.05) is 25.6 Å². The van der Waals surface area contributed by atoms with Gasteiger partial charge in [0.2, 0.25) is 0 Å². The lowest BCUT2D eigenvalue weighted by molar-refractivity contribution is -0.146. The Morgan fingerprint density at radius 2 is 1.66 bits per heavy atom. The number of hydrogen-bond acceptors (Lipinski definition) is 3. The minimum absolute atomic E-state index is 0.0129. The summed E-state index contributed by atoms with van der Waals surface area (Å²) in [6.07, 6.45) is 5.74. The van der Waals surface area contributed by atoms with E-state index in [2.05, 4.69) is 79.1 Å². The number of rotatable bonds is 6. The first kappa shape index (κ1) is 21.5. The number of carbonyl (C=O) groups excluding carboxylic acids is 1. The van der Waals surface area contributed by atoms with Gasteiger partial charge in [0.1, 0.15) is 6.10 Å². The molecule has 0 bridgehead atoms. The minimum atomic E-state index is -0.0494. The number of benzene rings is 2. The van der Waals surface area contributed by atoms with Crippen LogP contribution in [0.25, 0.3) is 0 Å². The topological polar surface area (TPSA) is 29.5 Å². The molecule has 5 atom stereocenters. The molecule has 3 fully saturated rings. The third-order valence-corrected chi connectivity index (χ3v) is 8.27. The van der Waals surface area contributed by atoms with Crippen molar-refractivity contribution in [2.75, 3.05) is 6.54 Å². The summed E-state index contributed by atoms with van der Waals surface area (Å²) in [5.41, 5.74) is 4.21. The molecule has 3 aliphatic rings. The first-order valence-corrected chi connectivity index (χ1v) is 12.2. The van der Waals surface area contributed by atoms with E-state index in [1.807, 2.05) is 0 Å². The zero-order chi connectivity index (χ0) is 22.1. The van der Waals surface area contributed by atoms with Gasteiger partial charge in [0.05, 0.1) is 5.92 Å². The van der Waals surface area contributed by atoms with Gasteiger partial charge < -0.3 is 4.74 Å². The van der Waals surface area contributed by atoms with Crippen molar-refractivity contribution < 1.29 is 9.53 Å². The Balaban J connectivity index is 1.36. The van der Waals surface area contributed by atoms with E-state index < -0.39 is 0 Å². The summed E-state index contributed by atoms with van der Waals surface area (Å²) in [5, 5.41) is 0. The molecule has 0 amide bonds. The number of carbonyl (C=O) groups is 1. The lowest BCUT2D eigenvalue weighted by Crippen LogP contribution is -2.45. The quantitative estimate of drug-likeness (QED) is 0.416. The van der Waals surface area contributed by atoms with Crippen LogP contribution in [-0.2, 0) is 22.6 Å². The van der Waals surface area contributed by atoms with Gasteiger partial charge in [-0.15, -0.1) is 0 Å². The van der Waals surface area contributed by atoms with Gasteiger partial charge in [-0.1, -0.05) is 79.7 Å². The highest BCUT2D eigenvalue weighted by atomic mass is 16.6. The molecule has 5 rings (SSSR count). The molecule has 168 valence electrons. The zero-order valence-electron chi connectivity index (χ0n) is 19.2. The van der Waals surface area contributed by atoms with Gasteiger partial charge in [-0.2, -0.15) is 0 Å². The van der Waals surface area contributed by atoms with Crippen molar-refractivity contribution in [2.45, 2.75) is 58.2 Å². The van der Waals surface area contributed by atoms with Gasteiger partial charge in [-0.05, 0) is 54.6 Å². The Kier molecular flexibility index (Phi) is 5.94. The van der Waals surface area contributed by atoms with Gasteiger partial charge in [0.25, 0.3) is 0 Å². The monoisotopic (exact) mass is 429 g/mol. The van der Waals surface area contributed by atoms with Crippen LogP contribution in [-0.4, -0.2) is 23.5 Å². The minimum Gasteiger partial charge on any atom is -0.462 e. The highest BCUT2D eigenvalue weighted by Crippen LogP contribution is 2.57. The molecule has 1 saturated heterocycles. The standard InChI is InChI=1S/C29H35NO2/c1-21-10-9-15-29(2)17-27-24(16-26(21)29)25(28(31)32-27)20-30(18-22-11-5-3-6-12-22)19-23-13-7-4-8-14-23/h3-8,11-14,24-27H,1,9-10,15-20H2,2H3/t24-,25-,26+,27+,29-/m0/s1. The maximum absolute atomic E-state index is 13.1.